The van der Waals surface area contributed by atoms with Crippen LogP contribution in [-0.4, -0.2) is 16.8 Å². The minimum absolute atomic E-state index is 0.362. The highest BCUT2D eigenvalue weighted by molar-refractivity contribution is 6.30. The molecule has 1 aromatic heterocycles. The summed E-state index contributed by atoms with van der Waals surface area (Å²) in [6.45, 7) is 0.677. The van der Waals surface area contributed by atoms with Gasteiger partial charge in [0.2, 0.25) is 0 Å². The number of hydrogen-bond donors (Lipinski definition) is 1. The Morgan fingerprint density at radius 2 is 2.25 bits per heavy atom. The van der Waals surface area contributed by atoms with Crippen LogP contribution in [0.1, 0.15) is 5.69 Å². The third-order valence-corrected chi connectivity index (χ3v) is 2.33. The second-order valence-corrected chi connectivity index (χ2v) is 3.85. The molecule has 0 saturated heterocycles. The molecule has 1 heterocycles. The lowest BCUT2D eigenvalue weighted by atomic mass is 10.3. The van der Waals surface area contributed by atoms with Crippen LogP contribution in [0.15, 0.2) is 30.5 Å². The maximum absolute atomic E-state index is 13.1. The predicted molar refractivity (Wildman–Crippen MR) is 61.3 cm³/mol. The molecule has 0 aliphatic carbocycles. The molecule has 0 atom stereocenters. The second kappa shape index (κ2) is 4.63. The number of rotatable bonds is 3. The number of nitrogens with zero attached hydrogens (tertiary/aromatic N) is 2. The molecule has 3 nitrogen and oxygen atoms in total. The zero-order valence-electron chi connectivity index (χ0n) is 8.74. The van der Waals surface area contributed by atoms with E-state index in [-0.39, 0.29) is 5.82 Å². The van der Waals surface area contributed by atoms with Gasteiger partial charge in [0.25, 0.3) is 0 Å². The first kappa shape index (κ1) is 11.1. The summed E-state index contributed by atoms with van der Waals surface area (Å²) in [6, 6.07) is 6.20. The number of aromatic nitrogens is 2. The van der Waals surface area contributed by atoms with E-state index in [4.69, 9.17) is 11.6 Å². The van der Waals surface area contributed by atoms with Gasteiger partial charge in [0.15, 0.2) is 0 Å². The Morgan fingerprint density at radius 3 is 2.94 bits per heavy atom. The van der Waals surface area contributed by atoms with Gasteiger partial charge in [-0.1, -0.05) is 11.6 Å². The largest absolute Gasteiger partial charge is 0.314 e. The predicted octanol–water partition coefficient (Wildman–Crippen LogP) is 2.38. The lowest BCUT2D eigenvalue weighted by Crippen LogP contribution is -2.06. The van der Waals surface area contributed by atoms with Gasteiger partial charge in [0.1, 0.15) is 5.82 Å². The molecular formula is C11H11ClFN3. The van der Waals surface area contributed by atoms with E-state index in [0.717, 1.165) is 5.69 Å². The third-order valence-electron chi connectivity index (χ3n) is 2.11. The first-order chi connectivity index (χ1) is 7.69. The summed E-state index contributed by atoms with van der Waals surface area (Å²) in [5.41, 5.74) is 1.51. The fourth-order valence-corrected chi connectivity index (χ4v) is 1.67. The van der Waals surface area contributed by atoms with Crippen molar-refractivity contribution < 1.29 is 4.39 Å². The Kier molecular flexibility index (Phi) is 3.22. The molecule has 0 radical (unpaired) electrons. The molecule has 2 aromatic rings. The van der Waals surface area contributed by atoms with Crippen LogP contribution in [0.5, 0.6) is 0 Å². The molecule has 5 heteroatoms. The molecule has 0 amide bonds. The minimum atomic E-state index is -0.367. The minimum Gasteiger partial charge on any atom is -0.314 e. The van der Waals surface area contributed by atoms with Crippen LogP contribution in [0.2, 0.25) is 5.02 Å². The lowest BCUT2D eigenvalue weighted by molar-refractivity contribution is 0.625. The van der Waals surface area contributed by atoms with E-state index in [0.29, 0.717) is 17.3 Å². The van der Waals surface area contributed by atoms with Crippen molar-refractivity contribution in [2.75, 3.05) is 7.05 Å². The second-order valence-electron chi connectivity index (χ2n) is 3.41. The Morgan fingerprint density at radius 1 is 1.44 bits per heavy atom. The maximum atomic E-state index is 13.1. The van der Waals surface area contributed by atoms with Gasteiger partial charge in [0, 0.05) is 17.8 Å². The average molecular weight is 240 g/mol. The Bertz CT molecular complexity index is 475. The number of halogens is 2. The molecule has 0 aliphatic rings. The van der Waals surface area contributed by atoms with Crippen LogP contribution in [0, 0.1) is 5.82 Å². The quantitative estimate of drug-likeness (QED) is 0.891. The van der Waals surface area contributed by atoms with Crippen LogP contribution in [-0.2, 0) is 6.54 Å². The van der Waals surface area contributed by atoms with Gasteiger partial charge in [0.05, 0.1) is 11.4 Å². The summed E-state index contributed by atoms with van der Waals surface area (Å²) in [6.07, 6.45) is 1.78. The molecule has 0 unspecified atom stereocenters. The smallest absolute Gasteiger partial charge is 0.126 e. The number of hydrogen-bond acceptors (Lipinski definition) is 2. The van der Waals surface area contributed by atoms with Gasteiger partial charge in [-0.05, 0) is 31.3 Å². The van der Waals surface area contributed by atoms with Crippen molar-refractivity contribution >= 4 is 11.6 Å². The van der Waals surface area contributed by atoms with Crippen molar-refractivity contribution in [2.45, 2.75) is 6.54 Å². The lowest BCUT2D eigenvalue weighted by Gasteiger charge is -2.02. The van der Waals surface area contributed by atoms with Crippen molar-refractivity contribution in [3.63, 3.8) is 0 Å². The van der Waals surface area contributed by atoms with Crippen LogP contribution in [0.4, 0.5) is 4.39 Å². The highest BCUT2D eigenvalue weighted by Crippen LogP contribution is 2.17. The van der Waals surface area contributed by atoms with E-state index in [9.17, 15) is 4.39 Å². The van der Waals surface area contributed by atoms with E-state index < -0.39 is 0 Å². The van der Waals surface area contributed by atoms with Gasteiger partial charge in [-0.15, -0.1) is 0 Å². The standard InChI is InChI=1S/C11H11ClFN3/c1-14-7-10-2-3-16(15-10)11-5-8(12)4-9(13)6-11/h2-6,14H,7H2,1H3. The normalized spacial score (nSPS) is 10.7. The molecule has 1 N–H and O–H groups in total. The van der Waals surface area contributed by atoms with E-state index in [1.165, 1.54) is 12.1 Å². The van der Waals surface area contributed by atoms with E-state index in [1.807, 2.05) is 13.1 Å². The molecular weight excluding hydrogens is 229 g/mol. The first-order valence-corrected chi connectivity index (χ1v) is 5.22. The summed E-state index contributed by atoms with van der Waals surface area (Å²) in [5.74, 6) is -0.367. The summed E-state index contributed by atoms with van der Waals surface area (Å²) in [7, 11) is 1.85. The number of nitrogens with one attached hydrogen (secondary N) is 1. The van der Waals surface area contributed by atoms with E-state index in [1.54, 1.807) is 16.9 Å². The van der Waals surface area contributed by atoms with Gasteiger partial charge in [-0.25, -0.2) is 9.07 Å². The third kappa shape index (κ3) is 2.40. The monoisotopic (exact) mass is 239 g/mol. The average Bonchev–Trinajstić information content (AvgIpc) is 2.65. The summed E-state index contributed by atoms with van der Waals surface area (Å²) in [5, 5.41) is 7.64. The Balaban J connectivity index is 2.34. The summed E-state index contributed by atoms with van der Waals surface area (Å²) in [4.78, 5) is 0. The van der Waals surface area contributed by atoms with Crippen molar-refractivity contribution in [2.24, 2.45) is 0 Å². The molecule has 0 fully saturated rings. The van der Waals surface area contributed by atoms with Crippen molar-refractivity contribution in [1.82, 2.24) is 15.1 Å². The first-order valence-electron chi connectivity index (χ1n) is 4.84. The molecule has 0 aliphatic heterocycles. The maximum Gasteiger partial charge on any atom is 0.126 e. The highest BCUT2D eigenvalue weighted by atomic mass is 35.5. The highest BCUT2D eigenvalue weighted by Gasteiger charge is 2.03. The van der Waals surface area contributed by atoms with Crippen LogP contribution in [0.25, 0.3) is 5.69 Å². The van der Waals surface area contributed by atoms with Crippen LogP contribution < -0.4 is 5.32 Å². The fraction of sp³-hybridized carbons (Fsp3) is 0.182. The van der Waals surface area contributed by atoms with E-state index >= 15 is 0 Å². The number of benzene rings is 1. The SMILES string of the molecule is CNCc1ccn(-c2cc(F)cc(Cl)c2)n1. The molecule has 0 saturated carbocycles. The van der Waals surface area contributed by atoms with Crippen molar-refractivity contribution in [3.8, 4) is 5.69 Å². The topological polar surface area (TPSA) is 29.9 Å². The Labute approximate surface area is 97.8 Å². The summed E-state index contributed by atoms with van der Waals surface area (Å²) < 4.78 is 14.7. The molecule has 84 valence electrons. The Hall–Kier alpha value is -1.39. The molecule has 0 bridgehead atoms. The van der Waals surface area contributed by atoms with Crippen molar-refractivity contribution in [1.29, 1.82) is 0 Å². The zero-order valence-corrected chi connectivity index (χ0v) is 9.50. The molecule has 1 aromatic carbocycles. The van der Waals surface area contributed by atoms with Gasteiger partial charge >= 0.3 is 0 Å². The fourth-order valence-electron chi connectivity index (χ4n) is 1.45. The van der Waals surface area contributed by atoms with E-state index in [2.05, 4.69) is 10.4 Å². The molecule has 16 heavy (non-hydrogen) atoms. The van der Waals surface area contributed by atoms with Crippen LogP contribution >= 0.6 is 11.6 Å². The van der Waals surface area contributed by atoms with Gasteiger partial charge in [-0.3, -0.25) is 0 Å². The molecule has 0 spiro atoms. The zero-order chi connectivity index (χ0) is 11.5. The molecule has 2 rings (SSSR count). The van der Waals surface area contributed by atoms with Crippen molar-refractivity contribution in [3.05, 3.63) is 47.0 Å². The van der Waals surface area contributed by atoms with Crippen LogP contribution in [0.3, 0.4) is 0 Å². The van der Waals surface area contributed by atoms with Gasteiger partial charge < -0.3 is 5.32 Å². The summed E-state index contributed by atoms with van der Waals surface area (Å²) >= 11 is 5.77. The van der Waals surface area contributed by atoms with Gasteiger partial charge in [-0.2, -0.15) is 5.10 Å².